The van der Waals surface area contributed by atoms with Gasteiger partial charge in [0.1, 0.15) is 5.01 Å². The fraction of sp³-hybridized carbons (Fsp3) is 0.471. The van der Waals surface area contributed by atoms with Crippen LogP contribution >= 0.6 is 11.3 Å². The summed E-state index contributed by atoms with van der Waals surface area (Å²) in [5.74, 6) is 0. The zero-order chi connectivity index (χ0) is 14.8. The van der Waals surface area contributed by atoms with Crippen LogP contribution in [0.2, 0.25) is 0 Å². The van der Waals surface area contributed by atoms with Gasteiger partial charge in [0.15, 0.2) is 0 Å². The summed E-state index contributed by atoms with van der Waals surface area (Å²) in [6, 6.07) is 8.58. The van der Waals surface area contributed by atoms with E-state index >= 15 is 0 Å². The Labute approximate surface area is 130 Å². The summed E-state index contributed by atoms with van der Waals surface area (Å²) in [7, 11) is 0. The van der Waals surface area contributed by atoms with Crippen LogP contribution in [0.5, 0.6) is 0 Å². The largest absolute Gasteiger partial charge is 0.373 e. The zero-order valence-corrected chi connectivity index (χ0v) is 13.7. The first-order valence-corrected chi connectivity index (χ1v) is 8.37. The molecule has 1 aromatic carbocycles. The van der Waals surface area contributed by atoms with Gasteiger partial charge in [-0.2, -0.15) is 0 Å². The second kappa shape index (κ2) is 6.26. The molecule has 112 valence electrons. The topological polar surface area (TPSA) is 25.4 Å². The summed E-state index contributed by atoms with van der Waals surface area (Å²) in [6.45, 7) is 9.28. The Morgan fingerprint density at radius 1 is 1.19 bits per heavy atom. The maximum Gasteiger partial charge on any atom is 0.123 e. The molecule has 4 heteroatoms. The standard InChI is InChI=1S/C17H22N2OS/c1-12-4-6-15(7-5-12)17-18-16(11-21-17)10-19-8-13(2)20-14(3)9-19/h4-7,11,13-14H,8-10H2,1-3H3/t13-,14+. The Balaban J connectivity index is 1.69. The molecule has 2 atom stereocenters. The number of hydrogen-bond acceptors (Lipinski definition) is 4. The Morgan fingerprint density at radius 2 is 1.86 bits per heavy atom. The Kier molecular flexibility index (Phi) is 4.38. The molecule has 2 aromatic rings. The first kappa shape index (κ1) is 14.7. The van der Waals surface area contributed by atoms with Crippen LogP contribution in [0.25, 0.3) is 10.6 Å². The maximum atomic E-state index is 5.78. The van der Waals surface area contributed by atoms with Crippen molar-refractivity contribution in [3.8, 4) is 10.6 Å². The molecule has 1 fully saturated rings. The summed E-state index contributed by atoms with van der Waals surface area (Å²) in [5, 5.41) is 3.29. The van der Waals surface area contributed by atoms with Crippen LogP contribution in [-0.2, 0) is 11.3 Å². The van der Waals surface area contributed by atoms with Crippen molar-refractivity contribution in [3.63, 3.8) is 0 Å². The second-order valence-electron chi connectivity index (χ2n) is 5.96. The van der Waals surface area contributed by atoms with E-state index in [0.717, 1.165) is 30.3 Å². The van der Waals surface area contributed by atoms with Crippen molar-refractivity contribution in [2.75, 3.05) is 13.1 Å². The monoisotopic (exact) mass is 302 g/mol. The van der Waals surface area contributed by atoms with Gasteiger partial charge in [-0.25, -0.2) is 4.98 Å². The average molecular weight is 302 g/mol. The molecule has 0 saturated carbocycles. The molecule has 3 nitrogen and oxygen atoms in total. The van der Waals surface area contributed by atoms with Gasteiger partial charge in [0.05, 0.1) is 17.9 Å². The lowest BCUT2D eigenvalue weighted by atomic mass is 10.2. The van der Waals surface area contributed by atoms with Gasteiger partial charge in [0.25, 0.3) is 0 Å². The lowest BCUT2D eigenvalue weighted by molar-refractivity contribution is -0.0707. The van der Waals surface area contributed by atoms with Crippen molar-refractivity contribution in [3.05, 3.63) is 40.9 Å². The van der Waals surface area contributed by atoms with Crippen LogP contribution in [-0.4, -0.2) is 35.2 Å². The van der Waals surface area contributed by atoms with E-state index in [-0.39, 0.29) is 0 Å². The number of benzene rings is 1. The van der Waals surface area contributed by atoms with Gasteiger partial charge in [0, 0.05) is 30.6 Å². The molecule has 0 bridgehead atoms. The molecule has 21 heavy (non-hydrogen) atoms. The summed E-state index contributed by atoms with van der Waals surface area (Å²) >= 11 is 1.73. The van der Waals surface area contributed by atoms with E-state index in [1.807, 2.05) is 0 Å². The molecule has 0 unspecified atom stereocenters. The highest BCUT2D eigenvalue weighted by atomic mass is 32.1. The van der Waals surface area contributed by atoms with Gasteiger partial charge in [-0.15, -0.1) is 11.3 Å². The van der Waals surface area contributed by atoms with Gasteiger partial charge in [0.2, 0.25) is 0 Å². The van der Waals surface area contributed by atoms with E-state index in [1.54, 1.807) is 11.3 Å². The number of rotatable bonds is 3. The van der Waals surface area contributed by atoms with Gasteiger partial charge in [-0.1, -0.05) is 29.8 Å². The lowest BCUT2D eigenvalue weighted by Crippen LogP contribution is -2.44. The maximum absolute atomic E-state index is 5.78. The Hall–Kier alpha value is -1.23. The first-order valence-electron chi connectivity index (χ1n) is 7.49. The quantitative estimate of drug-likeness (QED) is 0.864. The third-order valence-corrected chi connectivity index (χ3v) is 4.67. The lowest BCUT2D eigenvalue weighted by Gasteiger charge is -2.34. The van der Waals surface area contributed by atoms with Crippen LogP contribution < -0.4 is 0 Å². The molecule has 0 radical (unpaired) electrons. The number of thiazole rings is 1. The first-order chi connectivity index (χ1) is 10.1. The van der Waals surface area contributed by atoms with Crippen molar-refractivity contribution in [1.29, 1.82) is 0 Å². The highest BCUT2D eigenvalue weighted by molar-refractivity contribution is 7.13. The van der Waals surface area contributed by atoms with Gasteiger partial charge in [-0.3, -0.25) is 4.90 Å². The highest BCUT2D eigenvalue weighted by Crippen LogP contribution is 2.25. The molecule has 1 saturated heterocycles. The molecule has 3 rings (SSSR count). The minimum Gasteiger partial charge on any atom is -0.373 e. The van der Waals surface area contributed by atoms with Crippen molar-refractivity contribution in [1.82, 2.24) is 9.88 Å². The molecule has 0 N–H and O–H groups in total. The second-order valence-corrected chi connectivity index (χ2v) is 6.82. The molecule has 0 aliphatic carbocycles. The van der Waals surface area contributed by atoms with E-state index in [0.29, 0.717) is 12.2 Å². The SMILES string of the molecule is Cc1ccc(-c2nc(CN3C[C@@H](C)O[C@@H](C)C3)cs2)cc1. The number of hydrogen-bond donors (Lipinski definition) is 0. The number of nitrogens with zero attached hydrogens (tertiary/aromatic N) is 2. The van der Waals surface area contributed by atoms with E-state index in [2.05, 4.69) is 55.3 Å². The molecule has 1 aromatic heterocycles. The van der Waals surface area contributed by atoms with Gasteiger partial charge < -0.3 is 4.74 Å². The predicted octanol–water partition coefficient (Wildman–Crippen LogP) is 3.73. The molecule has 1 aliphatic rings. The normalized spacial score (nSPS) is 23.4. The summed E-state index contributed by atoms with van der Waals surface area (Å²) < 4.78 is 5.78. The molecule has 2 heterocycles. The van der Waals surface area contributed by atoms with Crippen LogP contribution in [0.1, 0.15) is 25.1 Å². The third-order valence-electron chi connectivity index (χ3n) is 3.73. The minimum absolute atomic E-state index is 0.309. The minimum atomic E-state index is 0.309. The van der Waals surface area contributed by atoms with Crippen LogP contribution in [0.4, 0.5) is 0 Å². The smallest absolute Gasteiger partial charge is 0.123 e. The number of aryl methyl sites for hydroxylation is 1. The summed E-state index contributed by atoms with van der Waals surface area (Å²) in [6.07, 6.45) is 0.618. The number of aromatic nitrogens is 1. The van der Waals surface area contributed by atoms with E-state index in [9.17, 15) is 0 Å². The van der Waals surface area contributed by atoms with Crippen molar-refractivity contribution >= 4 is 11.3 Å². The molecule has 1 aliphatic heterocycles. The summed E-state index contributed by atoms with van der Waals surface area (Å²) in [5.41, 5.74) is 3.66. The fourth-order valence-corrected chi connectivity index (χ4v) is 3.67. The van der Waals surface area contributed by atoms with Crippen LogP contribution in [0, 0.1) is 6.92 Å². The van der Waals surface area contributed by atoms with Crippen molar-refractivity contribution < 1.29 is 4.74 Å². The van der Waals surface area contributed by atoms with E-state index in [1.165, 1.54) is 11.1 Å². The summed E-state index contributed by atoms with van der Waals surface area (Å²) in [4.78, 5) is 7.23. The Bertz CT molecular complexity index is 583. The van der Waals surface area contributed by atoms with Crippen molar-refractivity contribution in [2.45, 2.75) is 39.5 Å². The van der Waals surface area contributed by atoms with Gasteiger partial charge >= 0.3 is 0 Å². The molecular weight excluding hydrogens is 280 g/mol. The Morgan fingerprint density at radius 3 is 2.52 bits per heavy atom. The zero-order valence-electron chi connectivity index (χ0n) is 12.9. The fourth-order valence-electron chi connectivity index (χ4n) is 2.85. The van der Waals surface area contributed by atoms with E-state index in [4.69, 9.17) is 9.72 Å². The number of ether oxygens (including phenoxy) is 1. The third kappa shape index (κ3) is 3.70. The van der Waals surface area contributed by atoms with E-state index < -0.39 is 0 Å². The predicted molar refractivity (Wildman–Crippen MR) is 87.6 cm³/mol. The molecule has 0 amide bonds. The molecular formula is C17H22N2OS. The van der Waals surface area contributed by atoms with Crippen molar-refractivity contribution in [2.24, 2.45) is 0 Å². The average Bonchev–Trinajstić information content (AvgIpc) is 2.87. The molecule has 0 spiro atoms. The van der Waals surface area contributed by atoms with Gasteiger partial charge in [-0.05, 0) is 20.8 Å². The highest BCUT2D eigenvalue weighted by Gasteiger charge is 2.22. The van der Waals surface area contributed by atoms with Crippen LogP contribution in [0.3, 0.4) is 0 Å². The van der Waals surface area contributed by atoms with Crippen LogP contribution in [0.15, 0.2) is 29.6 Å². The number of morpholine rings is 1.